The van der Waals surface area contributed by atoms with Crippen molar-refractivity contribution in [2.24, 2.45) is 0 Å². The van der Waals surface area contributed by atoms with Gasteiger partial charge in [0.2, 0.25) is 0 Å². The molecular formula is C22H27NO9S. The Labute approximate surface area is 192 Å². The topological polar surface area (TPSA) is 130 Å². The molecular weight excluding hydrogens is 454 g/mol. The summed E-state index contributed by atoms with van der Waals surface area (Å²) < 4.78 is 54.4. The maximum atomic E-state index is 12.7. The van der Waals surface area contributed by atoms with Crippen LogP contribution in [0.5, 0.6) is 28.7 Å². The minimum Gasteiger partial charge on any atom is -0.496 e. The molecule has 0 saturated carbocycles. The van der Waals surface area contributed by atoms with Gasteiger partial charge in [-0.15, -0.1) is 0 Å². The van der Waals surface area contributed by atoms with Crippen LogP contribution in [0.4, 0.5) is 5.69 Å². The van der Waals surface area contributed by atoms with Gasteiger partial charge in [0.25, 0.3) is 10.0 Å². The number of methoxy groups -OCH3 is 4. The van der Waals surface area contributed by atoms with E-state index in [1.54, 1.807) is 18.2 Å². The molecule has 0 unspecified atom stereocenters. The van der Waals surface area contributed by atoms with E-state index < -0.39 is 16.0 Å². The molecule has 0 radical (unpaired) electrons. The second-order valence-corrected chi connectivity index (χ2v) is 8.17. The van der Waals surface area contributed by atoms with Gasteiger partial charge in [-0.1, -0.05) is 0 Å². The molecule has 0 aliphatic rings. The van der Waals surface area contributed by atoms with E-state index in [0.717, 1.165) is 5.41 Å². The largest absolute Gasteiger partial charge is 0.496 e. The minimum absolute atomic E-state index is 0.0439. The smallest absolute Gasteiger partial charge is 0.303 e. The zero-order valence-corrected chi connectivity index (χ0v) is 19.6. The van der Waals surface area contributed by atoms with Crippen molar-refractivity contribution in [3.8, 4) is 28.7 Å². The molecule has 0 atom stereocenters. The SMILES string of the molecule is COc1cc(OC)c(C=CS(=O)(=O)Nc2ccc(OC)c(OCCCC(=O)O)c2)c(OC)c1. The minimum atomic E-state index is -3.92. The second-order valence-electron chi connectivity index (χ2n) is 6.61. The Bertz CT molecular complexity index is 1070. The van der Waals surface area contributed by atoms with Gasteiger partial charge in [-0.05, 0) is 24.6 Å². The van der Waals surface area contributed by atoms with E-state index in [4.69, 9.17) is 28.8 Å². The van der Waals surface area contributed by atoms with Crippen LogP contribution in [0.1, 0.15) is 18.4 Å². The van der Waals surface area contributed by atoms with Crippen molar-refractivity contribution in [3.05, 3.63) is 41.3 Å². The number of anilines is 1. The molecule has 0 amide bonds. The number of carboxylic acid groups (broad SMARTS) is 1. The first-order valence-corrected chi connectivity index (χ1v) is 11.3. The van der Waals surface area contributed by atoms with Gasteiger partial charge in [0.05, 0.1) is 51.7 Å². The first kappa shape index (κ1) is 25.7. The van der Waals surface area contributed by atoms with Crippen LogP contribution in [-0.4, -0.2) is 54.5 Å². The maximum Gasteiger partial charge on any atom is 0.303 e. The zero-order valence-electron chi connectivity index (χ0n) is 18.8. The highest BCUT2D eigenvalue weighted by Gasteiger charge is 2.14. The molecule has 0 saturated heterocycles. The molecule has 0 fully saturated rings. The molecule has 33 heavy (non-hydrogen) atoms. The van der Waals surface area contributed by atoms with Gasteiger partial charge >= 0.3 is 5.97 Å². The molecule has 2 aromatic carbocycles. The summed E-state index contributed by atoms with van der Waals surface area (Å²) in [5, 5.41) is 9.71. The fraction of sp³-hybridized carbons (Fsp3) is 0.318. The number of sulfonamides is 1. The lowest BCUT2D eigenvalue weighted by Crippen LogP contribution is -2.09. The summed E-state index contributed by atoms with van der Waals surface area (Å²) in [4.78, 5) is 10.6. The molecule has 2 aromatic rings. The molecule has 0 heterocycles. The van der Waals surface area contributed by atoms with Gasteiger partial charge in [-0.3, -0.25) is 9.52 Å². The van der Waals surface area contributed by atoms with Crippen LogP contribution in [0.3, 0.4) is 0 Å². The van der Waals surface area contributed by atoms with Gasteiger partial charge in [-0.2, -0.15) is 0 Å². The number of hydrogen-bond donors (Lipinski definition) is 2. The summed E-state index contributed by atoms with van der Waals surface area (Å²) >= 11 is 0. The molecule has 0 spiro atoms. The Morgan fingerprint density at radius 3 is 2.12 bits per heavy atom. The summed E-state index contributed by atoms with van der Waals surface area (Å²) in [6, 6.07) is 7.74. The predicted octanol–water partition coefficient (Wildman–Crippen LogP) is 3.38. The van der Waals surface area contributed by atoms with Crippen LogP contribution in [-0.2, 0) is 14.8 Å². The number of aliphatic carboxylic acids is 1. The standard InChI is InChI=1S/C22H27NO9S/c1-28-16-13-19(30-3)17(20(14-16)31-4)9-11-33(26,27)23-15-7-8-18(29-2)21(12-15)32-10-5-6-22(24)25/h7-9,11-14,23H,5-6,10H2,1-4H3,(H,24,25). The van der Waals surface area contributed by atoms with E-state index in [2.05, 4.69) is 4.72 Å². The Morgan fingerprint density at radius 2 is 1.58 bits per heavy atom. The van der Waals surface area contributed by atoms with Crippen molar-refractivity contribution >= 4 is 27.8 Å². The molecule has 11 heteroatoms. The molecule has 2 rings (SSSR count). The van der Waals surface area contributed by atoms with E-state index >= 15 is 0 Å². The summed E-state index contributed by atoms with van der Waals surface area (Å²) in [6.45, 7) is 0.135. The van der Waals surface area contributed by atoms with E-state index in [1.165, 1.54) is 46.6 Å². The molecule has 10 nitrogen and oxygen atoms in total. The highest BCUT2D eigenvalue weighted by molar-refractivity contribution is 7.95. The predicted molar refractivity (Wildman–Crippen MR) is 123 cm³/mol. The molecule has 2 N–H and O–H groups in total. The lowest BCUT2D eigenvalue weighted by atomic mass is 10.1. The van der Waals surface area contributed by atoms with E-state index in [9.17, 15) is 13.2 Å². The van der Waals surface area contributed by atoms with Crippen LogP contribution in [0.25, 0.3) is 6.08 Å². The van der Waals surface area contributed by atoms with Crippen molar-refractivity contribution in [3.63, 3.8) is 0 Å². The van der Waals surface area contributed by atoms with Crippen LogP contribution in [0, 0.1) is 0 Å². The van der Waals surface area contributed by atoms with Crippen molar-refractivity contribution in [2.75, 3.05) is 39.8 Å². The summed E-state index contributed by atoms with van der Waals surface area (Å²) in [7, 11) is 1.93. The maximum absolute atomic E-state index is 12.7. The van der Waals surface area contributed by atoms with Gasteiger partial charge < -0.3 is 28.8 Å². The van der Waals surface area contributed by atoms with E-state index in [0.29, 0.717) is 35.0 Å². The molecule has 0 aliphatic carbocycles. The van der Waals surface area contributed by atoms with Gasteiger partial charge in [0.1, 0.15) is 17.2 Å². The number of carboxylic acids is 1. The van der Waals surface area contributed by atoms with E-state index in [1.807, 2.05) is 0 Å². The Kier molecular flexibility index (Phi) is 9.22. The summed E-state index contributed by atoms with van der Waals surface area (Å²) in [5.74, 6) is 0.986. The third-order valence-corrected chi connectivity index (χ3v) is 5.40. The first-order chi connectivity index (χ1) is 15.7. The zero-order chi connectivity index (χ0) is 24.4. The number of carbonyl (C=O) groups is 1. The van der Waals surface area contributed by atoms with Crippen LogP contribution >= 0.6 is 0 Å². The number of nitrogens with one attached hydrogen (secondary N) is 1. The molecule has 180 valence electrons. The molecule has 0 bridgehead atoms. The van der Waals surface area contributed by atoms with Crippen LogP contribution in [0.2, 0.25) is 0 Å². The third kappa shape index (κ3) is 7.49. The monoisotopic (exact) mass is 481 g/mol. The highest BCUT2D eigenvalue weighted by atomic mass is 32.2. The van der Waals surface area contributed by atoms with Gasteiger partial charge in [-0.25, -0.2) is 8.42 Å². The summed E-state index contributed by atoms with van der Waals surface area (Å²) in [6.07, 6.45) is 1.60. The number of ether oxygens (including phenoxy) is 5. The lowest BCUT2D eigenvalue weighted by Gasteiger charge is -2.13. The van der Waals surface area contributed by atoms with E-state index in [-0.39, 0.29) is 24.5 Å². The average molecular weight is 482 g/mol. The number of rotatable bonds is 13. The normalized spacial score (nSPS) is 11.2. The first-order valence-electron chi connectivity index (χ1n) is 9.76. The van der Waals surface area contributed by atoms with Crippen molar-refractivity contribution in [1.82, 2.24) is 0 Å². The average Bonchev–Trinajstić information content (AvgIpc) is 2.79. The number of benzene rings is 2. The van der Waals surface area contributed by atoms with Crippen molar-refractivity contribution < 1.29 is 42.0 Å². The highest BCUT2D eigenvalue weighted by Crippen LogP contribution is 2.35. The quantitative estimate of drug-likeness (QED) is 0.414. The second kappa shape index (κ2) is 11.9. The fourth-order valence-corrected chi connectivity index (χ4v) is 3.65. The molecule has 0 aliphatic heterocycles. The molecule has 0 aromatic heterocycles. The fourth-order valence-electron chi connectivity index (χ4n) is 2.81. The lowest BCUT2D eigenvalue weighted by molar-refractivity contribution is -0.137. The van der Waals surface area contributed by atoms with Crippen LogP contribution in [0.15, 0.2) is 35.7 Å². The summed E-state index contributed by atoms with van der Waals surface area (Å²) in [5.41, 5.74) is 0.658. The third-order valence-electron chi connectivity index (χ3n) is 4.38. The Morgan fingerprint density at radius 1 is 0.939 bits per heavy atom. The Balaban J connectivity index is 2.23. The van der Waals surface area contributed by atoms with Gasteiger partial charge in [0, 0.05) is 24.6 Å². The van der Waals surface area contributed by atoms with Crippen molar-refractivity contribution in [1.29, 1.82) is 0 Å². The Hall–Kier alpha value is -3.60. The van der Waals surface area contributed by atoms with Crippen molar-refractivity contribution in [2.45, 2.75) is 12.8 Å². The number of hydrogen-bond acceptors (Lipinski definition) is 8. The van der Waals surface area contributed by atoms with Crippen LogP contribution < -0.4 is 28.4 Å². The van der Waals surface area contributed by atoms with Gasteiger partial charge in [0.15, 0.2) is 11.5 Å².